The summed E-state index contributed by atoms with van der Waals surface area (Å²) in [5.74, 6) is -1.74. The van der Waals surface area contributed by atoms with E-state index in [-0.39, 0.29) is 65.8 Å². The molecule has 4 fully saturated rings. The van der Waals surface area contributed by atoms with E-state index in [1.54, 1.807) is 41.6 Å². The normalized spacial score (nSPS) is 21.3. The number of rotatable bonds is 12. The molecule has 2 aromatic heterocycles. The zero-order chi connectivity index (χ0) is 46.3. The summed E-state index contributed by atoms with van der Waals surface area (Å²) in [7, 11) is 0. The fourth-order valence-corrected chi connectivity index (χ4v) is 10.3. The fraction of sp³-hybridized carbons (Fsp3) is 0.383. The highest BCUT2D eigenvalue weighted by Gasteiger charge is 2.46. The Kier molecular flexibility index (Phi) is 12.3. The number of carbonyl (C=O) groups excluding carboxylic acids is 6. The average molecular weight is 949 g/mol. The van der Waals surface area contributed by atoms with Crippen LogP contribution >= 0.6 is 23.2 Å². The van der Waals surface area contributed by atoms with E-state index in [1.807, 2.05) is 16.7 Å². The van der Waals surface area contributed by atoms with E-state index in [1.165, 1.54) is 12.4 Å². The van der Waals surface area contributed by atoms with Crippen molar-refractivity contribution in [2.75, 3.05) is 62.6 Å². The third-order valence-electron chi connectivity index (χ3n) is 13.5. The Bertz CT molecular complexity index is 2760. The maximum Gasteiger partial charge on any atom is 0.266 e. The van der Waals surface area contributed by atoms with Gasteiger partial charge in [-0.05, 0) is 86.6 Å². The topological polar surface area (TPSA) is 204 Å². The number of ether oxygens (including phenoxy) is 1. The van der Waals surface area contributed by atoms with Crippen LogP contribution in [0, 0.1) is 5.92 Å². The van der Waals surface area contributed by atoms with Gasteiger partial charge in [0.2, 0.25) is 11.8 Å². The van der Waals surface area contributed by atoms with Crippen molar-refractivity contribution in [1.82, 2.24) is 44.9 Å². The van der Waals surface area contributed by atoms with Crippen molar-refractivity contribution in [3.05, 3.63) is 100 Å². The first-order valence-corrected chi connectivity index (χ1v) is 23.3. The number of anilines is 3. The van der Waals surface area contributed by atoms with E-state index in [4.69, 9.17) is 27.9 Å². The number of nitrogens with zero attached hydrogens (tertiary/aromatic N) is 8. The average Bonchev–Trinajstić information content (AvgIpc) is 3.85. The molecule has 0 spiro atoms. The summed E-state index contributed by atoms with van der Waals surface area (Å²) in [6, 6.07) is 16.9. The second-order valence-corrected chi connectivity index (χ2v) is 18.5. The molecule has 20 heteroatoms. The van der Waals surface area contributed by atoms with Crippen LogP contribution in [0.4, 0.5) is 17.2 Å². The van der Waals surface area contributed by atoms with Crippen LogP contribution in [0.25, 0.3) is 11.2 Å². The van der Waals surface area contributed by atoms with E-state index in [2.05, 4.69) is 52.8 Å². The highest BCUT2D eigenvalue weighted by Crippen LogP contribution is 2.37. The van der Waals surface area contributed by atoms with Gasteiger partial charge in [-0.1, -0.05) is 35.3 Å². The van der Waals surface area contributed by atoms with Gasteiger partial charge >= 0.3 is 0 Å². The molecule has 346 valence electrons. The van der Waals surface area contributed by atoms with Gasteiger partial charge in [-0.3, -0.25) is 43.9 Å². The van der Waals surface area contributed by atoms with E-state index in [9.17, 15) is 28.8 Å². The number of carbonyl (C=O) groups is 6. The number of amides is 6. The minimum atomic E-state index is -1.09. The van der Waals surface area contributed by atoms with Crippen LogP contribution in [0.3, 0.4) is 0 Å². The molecular formula is C47H47Cl2N11O7. The lowest BCUT2D eigenvalue weighted by Gasteiger charge is -2.39. The Morgan fingerprint density at radius 2 is 1.55 bits per heavy atom. The van der Waals surface area contributed by atoms with Gasteiger partial charge in [-0.2, -0.15) is 0 Å². The minimum absolute atomic E-state index is 0.0238. The Labute approximate surface area is 394 Å². The predicted octanol–water partition coefficient (Wildman–Crippen LogP) is 4.85. The minimum Gasteiger partial charge on any atom is -0.483 e. The highest BCUT2D eigenvalue weighted by molar-refractivity contribution is 6.39. The number of halogens is 2. The molecule has 67 heavy (non-hydrogen) atoms. The summed E-state index contributed by atoms with van der Waals surface area (Å²) in [5, 5.41) is 9.29. The molecule has 5 aliphatic rings. The summed E-state index contributed by atoms with van der Waals surface area (Å²) < 4.78 is 7.90. The van der Waals surface area contributed by atoms with E-state index in [0.717, 1.165) is 80.3 Å². The molecule has 3 N–H and O–H groups in total. The number of piperidine rings is 2. The molecule has 1 atom stereocenters. The van der Waals surface area contributed by atoms with Crippen molar-refractivity contribution in [3.8, 4) is 5.75 Å². The first kappa shape index (κ1) is 44.2. The number of imidazole rings is 1. The van der Waals surface area contributed by atoms with Gasteiger partial charge < -0.3 is 29.7 Å². The van der Waals surface area contributed by atoms with Crippen molar-refractivity contribution in [3.63, 3.8) is 0 Å². The van der Waals surface area contributed by atoms with Crippen LogP contribution in [0.5, 0.6) is 5.75 Å². The fourth-order valence-electron chi connectivity index (χ4n) is 9.76. The van der Waals surface area contributed by atoms with Crippen molar-refractivity contribution < 1.29 is 33.5 Å². The number of piperazine rings is 1. The molecule has 5 aromatic rings. The van der Waals surface area contributed by atoms with Crippen LogP contribution in [-0.4, -0.2) is 134 Å². The lowest BCUT2D eigenvalue weighted by Crippen LogP contribution is -2.54. The molecule has 0 unspecified atom stereocenters. The Balaban J connectivity index is 0.658. The van der Waals surface area contributed by atoms with Crippen LogP contribution in [0.15, 0.2) is 73.3 Å². The highest BCUT2D eigenvalue weighted by atomic mass is 35.5. The maximum absolute atomic E-state index is 13.4. The van der Waals surface area contributed by atoms with Crippen molar-refractivity contribution in [2.45, 2.75) is 56.7 Å². The van der Waals surface area contributed by atoms with Crippen molar-refractivity contribution in [2.24, 2.45) is 5.92 Å². The van der Waals surface area contributed by atoms with Crippen LogP contribution in [-0.2, 0) is 14.4 Å². The molecule has 0 radical (unpaired) electrons. The van der Waals surface area contributed by atoms with Crippen LogP contribution in [0.1, 0.15) is 75.6 Å². The number of benzene rings is 3. The molecule has 10 rings (SSSR count). The molecule has 1 aliphatic carbocycles. The molecule has 6 amide bonds. The van der Waals surface area contributed by atoms with Gasteiger partial charge in [-0.15, -0.1) is 0 Å². The second-order valence-electron chi connectivity index (χ2n) is 17.6. The largest absolute Gasteiger partial charge is 0.483 e. The number of aromatic nitrogens is 4. The lowest BCUT2D eigenvalue weighted by molar-refractivity contribution is -0.136. The van der Waals surface area contributed by atoms with Gasteiger partial charge in [0.15, 0.2) is 23.6 Å². The number of fused-ring (bicyclic) bond motifs is 2. The van der Waals surface area contributed by atoms with Gasteiger partial charge in [0.1, 0.15) is 18.1 Å². The van der Waals surface area contributed by atoms with Crippen LogP contribution in [0.2, 0.25) is 10.0 Å². The molecule has 0 bridgehead atoms. The summed E-state index contributed by atoms with van der Waals surface area (Å²) in [6.07, 6.45) is 6.56. The molecule has 6 heterocycles. The summed E-state index contributed by atoms with van der Waals surface area (Å²) in [4.78, 5) is 98.1. The van der Waals surface area contributed by atoms with E-state index < -0.39 is 29.7 Å². The summed E-state index contributed by atoms with van der Waals surface area (Å²) in [5.41, 5.74) is 3.81. The number of imide groups is 2. The molecule has 3 aromatic carbocycles. The van der Waals surface area contributed by atoms with Gasteiger partial charge in [-0.25, -0.2) is 15.0 Å². The molecule has 3 saturated heterocycles. The number of likely N-dealkylation sites (tertiary alicyclic amines) is 1. The standard InChI is InChI=1S/C47H47Cl2N11O7/c48-33-4-2-5-34(49)40(33)45(64)54-29-21-31(22-29)59-26-52-41-42(50-25-51-43(41)59)53-28-7-9-30(10-8-28)57-19-17-56(18-20-57)23-27-13-15-58(16-14-27)38(62)24-67-36-6-1-3-32-39(36)47(66)60(46(32)65)35-11-12-37(61)55-44(35)63/h1-10,25-27,29,31,35H,11-24H2,(H,54,64)(H,50,51,53)(H,55,61,63)/t29?,31?,35-/m0/s1. The predicted molar refractivity (Wildman–Crippen MR) is 248 cm³/mol. The number of hydrogen-bond acceptors (Lipinski definition) is 13. The zero-order valence-corrected chi connectivity index (χ0v) is 37.8. The maximum atomic E-state index is 13.4. The smallest absolute Gasteiger partial charge is 0.266 e. The van der Waals surface area contributed by atoms with Crippen molar-refractivity contribution in [1.29, 1.82) is 0 Å². The summed E-state index contributed by atoms with van der Waals surface area (Å²) >= 11 is 12.5. The second kappa shape index (κ2) is 18.6. The summed E-state index contributed by atoms with van der Waals surface area (Å²) in [6.45, 7) is 5.54. The Hall–Kier alpha value is -6.63. The Morgan fingerprint density at radius 3 is 2.28 bits per heavy atom. The third kappa shape index (κ3) is 8.88. The third-order valence-corrected chi connectivity index (χ3v) is 14.2. The van der Waals surface area contributed by atoms with E-state index in [0.29, 0.717) is 40.4 Å². The van der Waals surface area contributed by atoms with Crippen molar-refractivity contribution >= 4 is 87.0 Å². The molecular weight excluding hydrogens is 901 g/mol. The van der Waals surface area contributed by atoms with Gasteiger partial charge in [0, 0.05) is 75.7 Å². The molecule has 18 nitrogen and oxygen atoms in total. The molecule has 1 saturated carbocycles. The first-order valence-electron chi connectivity index (χ1n) is 22.5. The van der Waals surface area contributed by atoms with Crippen LogP contribution < -0.4 is 25.6 Å². The Morgan fingerprint density at radius 1 is 0.821 bits per heavy atom. The lowest BCUT2D eigenvalue weighted by atomic mass is 9.86. The SMILES string of the molecule is O=C1CC[C@H](N2C(=O)c3cccc(OCC(=O)N4CCC(CN5CCN(c6ccc(Nc7ncnc8c7ncn8C7CC(NC(=O)c8c(Cl)cccc8Cl)C7)cc6)CC5)CC4)c3C2=O)C(=O)N1. The number of hydrogen-bond donors (Lipinski definition) is 3. The monoisotopic (exact) mass is 947 g/mol. The molecule has 4 aliphatic heterocycles. The number of nitrogens with one attached hydrogen (secondary N) is 3. The first-order chi connectivity index (χ1) is 32.5. The van der Waals surface area contributed by atoms with E-state index >= 15 is 0 Å². The quantitative estimate of drug-likeness (QED) is 0.143. The van der Waals surface area contributed by atoms with Gasteiger partial charge in [0.25, 0.3) is 23.6 Å². The van der Waals surface area contributed by atoms with Gasteiger partial charge in [0.05, 0.1) is 33.1 Å². The zero-order valence-electron chi connectivity index (χ0n) is 36.3.